The van der Waals surface area contributed by atoms with Crippen LogP contribution in [0.15, 0.2) is 0 Å². The summed E-state index contributed by atoms with van der Waals surface area (Å²) in [4.78, 5) is 0. The standard InChI is InChI=1S/C6H15ClSi.C3H9ClSi/c1-6(2,3)8(4,5)7;1-5(2,3)4/h1-5H3;1-3H3. The van der Waals surface area contributed by atoms with Gasteiger partial charge in [-0.05, 0) is 5.04 Å². The van der Waals surface area contributed by atoms with Gasteiger partial charge in [0, 0.05) is 0 Å². The van der Waals surface area contributed by atoms with Crippen molar-refractivity contribution in [2.24, 2.45) is 0 Å². The van der Waals surface area contributed by atoms with Crippen molar-refractivity contribution in [2.45, 2.75) is 58.5 Å². The molecule has 4 heteroatoms. The quantitative estimate of drug-likeness (QED) is 0.409. The van der Waals surface area contributed by atoms with Gasteiger partial charge in [-0.3, -0.25) is 0 Å². The van der Waals surface area contributed by atoms with E-state index in [2.05, 4.69) is 53.5 Å². The van der Waals surface area contributed by atoms with Crippen molar-refractivity contribution < 1.29 is 0 Å². The van der Waals surface area contributed by atoms with Crippen molar-refractivity contribution in [3.8, 4) is 0 Å². The Morgan fingerprint density at radius 1 is 0.769 bits per heavy atom. The molecule has 0 aliphatic rings. The van der Waals surface area contributed by atoms with Gasteiger partial charge >= 0.3 is 0 Å². The highest BCUT2D eigenvalue weighted by atomic mass is 35.6. The predicted molar refractivity (Wildman–Crippen MR) is 72.2 cm³/mol. The second-order valence-electron chi connectivity index (χ2n) is 5.79. The van der Waals surface area contributed by atoms with Crippen molar-refractivity contribution in [3.05, 3.63) is 0 Å². The molecule has 13 heavy (non-hydrogen) atoms. The molecule has 0 rings (SSSR count). The van der Waals surface area contributed by atoms with Crippen LogP contribution in [0.3, 0.4) is 0 Å². The van der Waals surface area contributed by atoms with Crippen LogP contribution in [0.4, 0.5) is 0 Å². The zero-order valence-corrected chi connectivity index (χ0v) is 13.8. The summed E-state index contributed by atoms with van der Waals surface area (Å²) in [5.74, 6) is 0. The predicted octanol–water partition coefficient (Wildman–Crippen LogP) is 5.29. The van der Waals surface area contributed by atoms with Crippen LogP contribution in [0.25, 0.3) is 0 Å². The first-order chi connectivity index (χ1) is 5.25. The zero-order valence-electron chi connectivity index (χ0n) is 10.3. The maximum Gasteiger partial charge on any atom is 0.155 e. The highest BCUT2D eigenvalue weighted by Crippen LogP contribution is 2.38. The minimum atomic E-state index is -1.39. The molecule has 0 heterocycles. The summed E-state index contributed by atoms with van der Waals surface area (Å²) in [5, 5.41) is 0.342. The SMILES string of the molecule is CC(C)(C)[Si](C)(C)Cl.C[Si](C)(C)Cl. The molecule has 0 atom stereocenters. The molecule has 82 valence electrons. The molecule has 0 aromatic rings. The van der Waals surface area contributed by atoms with Crippen molar-refractivity contribution in [1.82, 2.24) is 0 Å². The van der Waals surface area contributed by atoms with E-state index in [0.717, 1.165) is 0 Å². The van der Waals surface area contributed by atoms with Crippen LogP contribution in [0, 0.1) is 0 Å². The summed E-state index contributed by atoms with van der Waals surface area (Å²) in [5.41, 5.74) is 0. The molecule has 0 saturated carbocycles. The van der Waals surface area contributed by atoms with Crippen molar-refractivity contribution in [2.75, 3.05) is 0 Å². The van der Waals surface area contributed by atoms with E-state index in [1.54, 1.807) is 0 Å². The van der Waals surface area contributed by atoms with E-state index in [1.807, 2.05) is 0 Å². The first kappa shape index (κ1) is 16.4. The molecule has 0 fully saturated rings. The van der Waals surface area contributed by atoms with E-state index in [-0.39, 0.29) is 0 Å². The van der Waals surface area contributed by atoms with Gasteiger partial charge in [0.15, 0.2) is 7.38 Å². The molecule has 0 aromatic carbocycles. The average Bonchev–Trinajstić information content (AvgIpc) is 1.50. The molecule has 0 amide bonds. The Bertz CT molecular complexity index is 119. The Kier molecular flexibility index (Phi) is 6.57. The second-order valence-corrected chi connectivity index (χ2v) is 20.6. The second kappa shape index (κ2) is 5.20. The topological polar surface area (TPSA) is 0 Å². The minimum absolute atomic E-state index is 0.342. The molecular formula is C9H24Cl2Si2. The zero-order chi connectivity index (χ0) is 11.5. The summed E-state index contributed by atoms with van der Waals surface area (Å²) in [6.45, 7) is 17.2. The highest BCUT2D eigenvalue weighted by Gasteiger charge is 2.32. The Balaban J connectivity index is 0. The molecule has 0 N–H and O–H groups in total. The number of hydrogen-bond acceptors (Lipinski definition) is 0. The van der Waals surface area contributed by atoms with Crippen LogP contribution in [-0.4, -0.2) is 14.8 Å². The molecule has 0 aliphatic carbocycles. The van der Waals surface area contributed by atoms with Gasteiger partial charge in [0.2, 0.25) is 0 Å². The van der Waals surface area contributed by atoms with E-state index in [1.165, 1.54) is 0 Å². The molecule has 0 saturated heterocycles. The molecule has 0 bridgehead atoms. The van der Waals surface area contributed by atoms with E-state index in [0.29, 0.717) is 5.04 Å². The fourth-order valence-corrected chi connectivity index (χ4v) is 0. The van der Waals surface area contributed by atoms with Gasteiger partial charge in [0.05, 0.1) is 0 Å². The lowest BCUT2D eigenvalue weighted by Gasteiger charge is -2.29. The lowest BCUT2D eigenvalue weighted by Crippen LogP contribution is -2.29. The van der Waals surface area contributed by atoms with E-state index < -0.39 is 14.8 Å². The fraction of sp³-hybridized carbons (Fsp3) is 1.00. The van der Waals surface area contributed by atoms with Crippen LogP contribution in [-0.2, 0) is 0 Å². The fourth-order valence-electron chi connectivity index (χ4n) is 0. The first-order valence-corrected chi connectivity index (χ1v) is 13.2. The summed E-state index contributed by atoms with van der Waals surface area (Å²) in [7, 11) is -2.53. The lowest BCUT2D eigenvalue weighted by atomic mass is 10.2. The van der Waals surface area contributed by atoms with Gasteiger partial charge < -0.3 is 0 Å². The molecular weight excluding hydrogens is 235 g/mol. The largest absolute Gasteiger partial charge is 0.168 e. The maximum absolute atomic E-state index is 6.15. The van der Waals surface area contributed by atoms with Crippen LogP contribution >= 0.6 is 22.2 Å². The Morgan fingerprint density at radius 2 is 0.846 bits per heavy atom. The summed E-state index contributed by atoms with van der Waals surface area (Å²) < 4.78 is 0. The van der Waals surface area contributed by atoms with Gasteiger partial charge in [-0.2, -0.15) is 22.2 Å². The van der Waals surface area contributed by atoms with Gasteiger partial charge in [0.1, 0.15) is 7.38 Å². The molecule has 0 aromatic heterocycles. The molecule has 0 spiro atoms. The number of halogens is 2. The summed E-state index contributed by atoms with van der Waals surface area (Å²) >= 11 is 11.8. The van der Waals surface area contributed by atoms with Crippen molar-refractivity contribution in [3.63, 3.8) is 0 Å². The summed E-state index contributed by atoms with van der Waals surface area (Å²) in [6, 6.07) is 0. The molecule has 0 aliphatic heterocycles. The lowest BCUT2D eigenvalue weighted by molar-refractivity contribution is 0.735. The molecule has 0 unspecified atom stereocenters. The molecule has 0 radical (unpaired) electrons. The smallest absolute Gasteiger partial charge is 0.155 e. The number of hydrogen-bond donors (Lipinski definition) is 0. The van der Waals surface area contributed by atoms with Crippen molar-refractivity contribution in [1.29, 1.82) is 0 Å². The Labute approximate surface area is 95.4 Å². The Morgan fingerprint density at radius 3 is 0.846 bits per heavy atom. The van der Waals surface area contributed by atoms with Crippen molar-refractivity contribution >= 4 is 36.9 Å². The minimum Gasteiger partial charge on any atom is -0.168 e. The van der Waals surface area contributed by atoms with Crippen LogP contribution in [0.2, 0.25) is 37.8 Å². The highest BCUT2D eigenvalue weighted by molar-refractivity contribution is 7.20. The maximum atomic E-state index is 6.15. The van der Waals surface area contributed by atoms with E-state index in [4.69, 9.17) is 22.2 Å². The van der Waals surface area contributed by atoms with E-state index >= 15 is 0 Å². The first-order valence-electron chi connectivity index (χ1n) is 4.63. The van der Waals surface area contributed by atoms with Gasteiger partial charge in [-0.25, -0.2) is 0 Å². The number of rotatable bonds is 0. The third-order valence-electron chi connectivity index (χ3n) is 1.78. The van der Waals surface area contributed by atoms with Crippen LogP contribution in [0.1, 0.15) is 20.8 Å². The monoisotopic (exact) mass is 258 g/mol. The van der Waals surface area contributed by atoms with Crippen LogP contribution < -0.4 is 0 Å². The van der Waals surface area contributed by atoms with Gasteiger partial charge in [-0.15, -0.1) is 0 Å². The van der Waals surface area contributed by atoms with E-state index in [9.17, 15) is 0 Å². The molecule has 0 nitrogen and oxygen atoms in total. The van der Waals surface area contributed by atoms with Crippen LogP contribution in [0.5, 0.6) is 0 Å². The Hall–Kier alpha value is 1.01. The summed E-state index contributed by atoms with van der Waals surface area (Å²) in [6.07, 6.45) is 0. The van der Waals surface area contributed by atoms with Gasteiger partial charge in [0.25, 0.3) is 0 Å². The normalized spacial score (nSPS) is 13.4. The third kappa shape index (κ3) is 15.7. The average molecular weight is 259 g/mol. The van der Waals surface area contributed by atoms with Gasteiger partial charge in [-0.1, -0.05) is 53.5 Å². The third-order valence-corrected chi connectivity index (χ3v) is 7.05.